The number of aryl methyl sites for hydroxylation is 1. The monoisotopic (exact) mass is 496 g/mol. The van der Waals surface area contributed by atoms with E-state index in [1.165, 1.54) is 0 Å². The molecule has 4 rings (SSSR count). The lowest BCUT2D eigenvalue weighted by molar-refractivity contribution is 0.0697. The number of ether oxygens (including phenoxy) is 2. The van der Waals surface area contributed by atoms with Gasteiger partial charge >= 0.3 is 5.97 Å². The summed E-state index contributed by atoms with van der Waals surface area (Å²) < 4.78 is 12.6. The summed E-state index contributed by atoms with van der Waals surface area (Å²) in [6.45, 7) is 0.947. The van der Waals surface area contributed by atoms with Crippen LogP contribution in [0.5, 0.6) is 11.5 Å². The number of carboxylic acid groups (broad SMARTS) is 1. The summed E-state index contributed by atoms with van der Waals surface area (Å²) in [6, 6.07) is 14.3. The lowest BCUT2D eigenvalue weighted by Gasteiger charge is -2.25. The highest BCUT2D eigenvalue weighted by Gasteiger charge is 2.29. The summed E-state index contributed by atoms with van der Waals surface area (Å²) in [7, 11) is 5.20. The predicted molar refractivity (Wildman–Crippen MR) is 136 cm³/mol. The van der Waals surface area contributed by atoms with Crippen molar-refractivity contribution in [1.29, 1.82) is 0 Å². The van der Waals surface area contributed by atoms with E-state index in [0.29, 0.717) is 36.9 Å². The zero-order chi connectivity index (χ0) is 25.1. The standard InChI is InChI=1S/C27H29ClN2O5/c1-29(20-12-21(34-2)14-22(13-20)35-3)16-25-23(18-8-9-18)15-24(28)26(31)30(25)11-10-17-4-6-19(7-5-17)27(32)33/h4-7,12-15,18H,8-11,16H2,1-3H3,(H,32,33). The number of pyridine rings is 1. The third-order valence-corrected chi connectivity index (χ3v) is 6.67. The van der Waals surface area contributed by atoms with Crippen molar-refractivity contribution in [3.63, 3.8) is 0 Å². The lowest BCUT2D eigenvalue weighted by Crippen LogP contribution is -2.30. The molecule has 1 aliphatic carbocycles. The Bertz CT molecular complexity index is 1260. The summed E-state index contributed by atoms with van der Waals surface area (Å²) in [4.78, 5) is 26.4. The van der Waals surface area contributed by atoms with Gasteiger partial charge in [0, 0.05) is 43.2 Å². The Balaban J connectivity index is 1.67. The molecule has 0 spiro atoms. The van der Waals surface area contributed by atoms with Gasteiger partial charge in [-0.2, -0.15) is 0 Å². The van der Waals surface area contributed by atoms with E-state index in [4.69, 9.17) is 26.2 Å². The largest absolute Gasteiger partial charge is 0.497 e. The molecule has 0 amide bonds. The maximum Gasteiger partial charge on any atom is 0.335 e. The smallest absolute Gasteiger partial charge is 0.335 e. The first-order valence-electron chi connectivity index (χ1n) is 11.5. The van der Waals surface area contributed by atoms with Crippen LogP contribution in [0.4, 0.5) is 5.69 Å². The normalized spacial score (nSPS) is 12.9. The fourth-order valence-corrected chi connectivity index (χ4v) is 4.45. The Morgan fingerprint density at radius 1 is 1.09 bits per heavy atom. The van der Waals surface area contributed by atoms with E-state index in [1.807, 2.05) is 31.3 Å². The van der Waals surface area contributed by atoms with Crippen LogP contribution in [0.2, 0.25) is 5.02 Å². The molecule has 8 heteroatoms. The number of benzene rings is 2. The van der Waals surface area contributed by atoms with Crippen molar-refractivity contribution in [3.05, 3.63) is 86.3 Å². The van der Waals surface area contributed by atoms with Crippen molar-refractivity contribution in [1.82, 2.24) is 4.57 Å². The molecule has 35 heavy (non-hydrogen) atoms. The molecule has 1 aromatic heterocycles. The minimum atomic E-state index is -0.962. The van der Waals surface area contributed by atoms with Gasteiger partial charge in [-0.15, -0.1) is 0 Å². The van der Waals surface area contributed by atoms with Gasteiger partial charge in [-0.3, -0.25) is 4.79 Å². The van der Waals surface area contributed by atoms with Crippen LogP contribution in [-0.2, 0) is 19.5 Å². The van der Waals surface area contributed by atoms with Crippen molar-refractivity contribution < 1.29 is 19.4 Å². The highest BCUT2D eigenvalue weighted by Crippen LogP contribution is 2.42. The van der Waals surface area contributed by atoms with Crippen molar-refractivity contribution in [3.8, 4) is 11.5 Å². The molecule has 7 nitrogen and oxygen atoms in total. The summed E-state index contributed by atoms with van der Waals surface area (Å²) >= 11 is 6.39. The minimum Gasteiger partial charge on any atom is -0.497 e. The quantitative estimate of drug-likeness (QED) is 0.426. The molecule has 0 bridgehead atoms. The summed E-state index contributed by atoms with van der Waals surface area (Å²) in [5.74, 6) is 0.812. The van der Waals surface area contributed by atoms with Gasteiger partial charge in [0.05, 0.1) is 26.3 Å². The minimum absolute atomic E-state index is 0.218. The average molecular weight is 497 g/mol. The average Bonchev–Trinajstić information content (AvgIpc) is 3.71. The number of carboxylic acids is 1. The number of aromatic nitrogens is 1. The van der Waals surface area contributed by atoms with Crippen LogP contribution >= 0.6 is 11.6 Å². The number of hydrogen-bond acceptors (Lipinski definition) is 5. The van der Waals surface area contributed by atoms with Crippen LogP contribution in [0.1, 0.15) is 45.9 Å². The number of methoxy groups -OCH3 is 2. The van der Waals surface area contributed by atoms with Gasteiger partial charge in [0.2, 0.25) is 0 Å². The van der Waals surface area contributed by atoms with Crippen LogP contribution < -0.4 is 19.9 Å². The second-order valence-electron chi connectivity index (χ2n) is 8.80. The molecule has 0 atom stereocenters. The molecule has 2 aromatic carbocycles. The first-order valence-corrected chi connectivity index (χ1v) is 11.9. The van der Waals surface area contributed by atoms with Gasteiger partial charge in [0.15, 0.2) is 0 Å². The fraction of sp³-hybridized carbons (Fsp3) is 0.333. The van der Waals surface area contributed by atoms with Crippen LogP contribution in [0.15, 0.2) is 53.3 Å². The Hall–Kier alpha value is -3.45. The van der Waals surface area contributed by atoms with E-state index in [1.54, 1.807) is 43.1 Å². The van der Waals surface area contributed by atoms with E-state index < -0.39 is 5.97 Å². The summed E-state index contributed by atoms with van der Waals surface area (Å²) in [6.07, 6.45) is 2.73. The Labute approximate surface area is 209 Å². The summed E-state index contributed by atoms with van der Waals surface area (Å²) in [5.41, 5.74) is 3.92. The molecule has 0 saturated heterocycles. The Morgan fingerprint density at radius 2 is 1.71 bits per heavy atom. The second kappa shape index (κ2) is 10.4. The van der Waals surface area contributed by atoms with Gasteiger partial charge in [0.1, 0.15) is 16.5 Å². The first kappa shape index (κ1) is 24.7. The molecule has 184 valence electrons. The highest BCUT2D eigenvalue weighted by molar-refractivity contribution is 6.30. The number of carbonyl (C=O) groups is 1. The Morgan fingerprint density at radius 3 is 2.26 bits per heavy atom. The van der Waals surface area contributed by atoms with Gasteiger partial charge < -0.3 is 24.0 Å². The molecule has 0 aliphatic heterocycles. The zero-order valence-electron chi connectivity index (χ0n) is 20.1. The maximum atomic E-state index is 13.2. The molecule has 0 unspecified atom stereocenters. The van der Waals surface area contributed by atoms with Crippen molar-refractivity contribution in [2.24, 2.45) is 0 Å². The SMILES string of the molecule is COc1cc(OC)cc(N(C)Cc2c(C3CC3)cc(Cl)c(=O)n2CCc2ccc(C(=O)O)cc2)c1. The van der Waals surface area contributed by atoms with E-state index in [9.17, 15) is 9.59 Å². The fourth-order valence-electron chi connectivity index (χ4n) is 4.23. The summed E-state index contributed by atoms with van der Waals surface area (Å²) in [5, 5.41) is 9.36. The van der Waals surface area contributed by atoms with Crippen LogP contribution in [0.25, 0.3) is 0 Å². The molecule has 0 radical (unpaired) electrons. The number of hydrogen-bond donors (Lipinski definition) is 1. The van der Waals surface area contributed by atoms with Gasteiger partial charge in [-0.25, -0.2) is 4.79 Å². The second-order valence-corrected chi connectivity index (χ2v) is 9.21. The number of aromatic carboxylic acids is 1. The molecule has 1 N–H and O–H groups in total. The Kier molecular flexibility index (Phi) is 7.36. The number of rotatable bonds is 10. The van der Waals surface area contributed by atoms with Crippen LogP contribution in [-0.4, -0.2) is 36.9 Å². The number of anilines is 1. The maximum absolute atomic E-state index is 13.2. The third kappa shape index (κ3) is 5.62. The third-order valence-electron chi connectivity index (χ3n) is 6.40. The molecule has 3 aromatic rings. The van der Waals surface area contributed by atoms with Crippen molar-refractivity contribution >= 4 is 23.3 Å². The predicted octanol–water partition coefficient (Wildman–Crippen LogP) is 4.97. The van der Waals surface area contributed by atoms with Gasteiger partial charge in [0.25, 0.3) is 5.56 Å². The van der Waals surface area contributed by atoms with E-state index in [2.05, 4.69) is 4.90 Å². The zero-order valence-corrected chi connectivity index (χ0v) is 20.8. The first-order chi connectivity index (χ1) is 16.8. The molecular weight excluding hydrogens is 468 g/mol. The van der Waals surface area contributed by atoms with Gasteiger partial charge in [-0.05, 0) is 54.5 Å². The van der Waals surface area contributed by atoms with E-state index in [0.717, 1.165) is 35.3 Å². The van der Waals surface area contributed by atoms with E-state index >= 15 is 0 Å². The molecule has 1 saturated carbocycles. The highest BCUT2D eigenvalue weighted by atomic mass is 35.5. The number of nitrogens with zero attached hydrogens (tertiary/aromatic N) is 2. The van der Waals surface area contributed by atoms with Crippen molar-refractivity contribution in [2.75, 3.05) is 26.2 Å². The van der Waals surface area contributed by atoms with Crippen LogP contribution in [0, 0.1) is 0 Å². The molecule has 1 fully saturated rings. The van der Waals surface area contributed by atoms with Crippen molar-refractivity contribution in [2.45, 2.75) is 38.3 Å². The molecule has 1 aliphatic rings. The van der Waals surface area contributed by atoms with Gasteiger partial charge in [-0.1, -0.05) is 23.7 Å². The molecular formula is C27H29ClN2O5. The van der Waals surface area contributed by atoms with E-state index in [-0.39, 0.29) is 16.1 Å². The molecule has 1 heterocycles. The topological polar surface area (TPSA) is 81.0 Å². The lowest BCUT2D eigenvalue weighted by atomic mass is 10.1. The van der Waals surface area contributed by atoms with Crippen LogP contribution in [0.3, 0.4) is 0 Å². The number of halogens is 1.